The van der Waals surface area contributed by atoms with Crippen LogP contribution in [0, 0.1) is 6.92 Å². The lowest BCUT2D eigenvalue weighted by molar-refractivity contribution is 0.0188. The van der Waals surface area contributed by atoms with Crippen LogP contribution in [0.25, 0.3) is 11.5 Å². The van der Waals surface area contributed by atoms with Crippen LogP contribution in [0.4, 0.5) is 15.3 Å². The van der Waals surface area contributed by atoms with Crippen LogP contribution < -0.4 is 10.1 Å². The van der Waals surface area contributed by atoms with Gasteiger partial charge < -0.3 is 10.1 Å². The van der Waals surface area contributed by atoms with Crippen LogP contribution in [0.15, 0.2) is 36.7 Å². The number of nitrogens with one attached hydrogen (secondary N) is 1. The van der Waals surface area contributed by atoms with Crippen LogP contribution >= 0.6 is 11.5 Å². The number of piperidine rings is 1. The molecule has 2 unspecified atom stereocenters. The zero-order chi connectivity index (χ0) is 20.5. The molecule has 3 aromatic rings. The maximum absolute atomic E-state index is 14.5. The minimum atomic E-state index is -0.970. The largest absolute Gasteiger partial charge is 0.486 e. The number of aryl methyl sites for hydroxylation is 1. The van der Waals surface area contributed by atoms with Crippen molar-refractivity contribution in [2.75, 3.05) is 18.4 Å². The van der Waals surface area contributed by atoms with Crippen LogP contribution in [0.3, 0.4) is 0 Å². The van der Waals surface area contributed by atoms with Crippen molar-refractivity contribution in [2.45, 2.75) is 44.5 Å². The number of likely N-dealkylation sites (tertiary alicyclic amines) is 1. The number of pyridine rings is 2. The van der Waals surface area contributed by atoms with Crippen molar-refractivity contribution in [2.24, 2.45) is 0 Å². The number of halogens is 1. The molecule has 1 saturated carbocycles. The van der Waals surface area contributed by atoms with E-state index >= 15 is 0 Å². The lowest BCUT2D eigenvalue weighted by atomic mass is 10.1. The number of ether oxygens (including phenoxy) is 1. The second-order valence-corrected chi connectivity index (χ2v) is 8.54. The van der Waals surface area contributed by atoms with Gasteiger partial charge >= 0.3 is 0 Å². The van der Waals surface area contributed by atoms with Crippen molar-refractivity contribution < 1.29 is 9.13 Å². The number of nitrogens with zero attached hydrogens (tertiary/aromatic N) is 5. The Labute approximate surface area is 178 Å². The Balaban J connectivity index is 1.21. The molecule has 4 heterocycles. The Morgan fingerprint density at radius 3 is 2.83 bits per heavy atom. The van der Waals surface area contributed by atoms with Crippen molar-refractivity contribution in [3.63, 3.8) is 0 Å². The van der Waals surface area contributed by atoms with Crippen LogP contribution in [-0.4, -0.2) is 55.6 Å². The summed E-state index contributed by atoms with van der Waals surface area (Å²) in [5, 5.41) is 3.83. The van der Waals surface area contributed by atoms with E-state index in [1.54, 1.807) is 24.5 Å². The highest BCUT2D eigenvalue weighted by molar-refractivity contribution is 7.09. The summed E-state index contributed by atoms with van der Waals surface area (Å²) in [6.45, 7) is 3.35. The highest BCUT2D eigenvalue weighted by Gasteiger charge is 2.37. The average molecular weight is 427 g/mol. The zero-order valence-corrected chi connectivity index (χ0v) is 17.5. The van der Waals surface area contributed by atoms with Gasteiger partial charge in [-0.3, -0.25) is 4.90 Å². The molecule has 1 aliphatic heterocycles. The van der Waals surface area contributed by atoms with E-state index in [0.717, 1.165) is 17.9 Å². The first kappa shape index (κ1) is 19.3. The average Bonchev–Trinajstić information content (AvgIpc) is 3.51. The molecule has 7 nitrogen and oxygen atoms in total. The third kappa shape index (κ3) is 4.27. The first-order valence-corrected chi connectivity index (χ1v) is 11.0. The Hall–Kier alpha value is -2.65. The van der Waals surface area contributed by atoms with Gasteiger partial charge in [0.05, 0.1) is 6.20 Å². The lowest BCUT2D eigenvalue weighted by Crippen LogP contribution is -2.47. The van der Waals surface area contributed by atoms with Crippen LogP contribution in [0.2, 0.25) is 0 Å². The molecular weight excluding hydrogens is 403 g/mol. The predicted molar refractivity (Wildman–Crippen MR) is 114 cm³/mol. The molecule has 9 heteroatoms. The molecule has 0 spiro atoms. The summed E-state index contributed by atoms with van der Waals surface area (Å²) >= 11 is 1.25. The first-order valence-electron chi connectivity index (χ1n) is 10.2. The topological polar surface area (TPSA) is 76.1 Å². The fraction of sp³-hybridized carbons (Fsp3) is 0.429. The molecule has 1 saturated heterocycles. The summed E-state index contributed by atoms with van der Waals surface area (Å²) in [7, 11) is 0. The molecule has 156 valence electrons. The van der Waals surface area contributed by atoms with Gasteiger partial charge in [0, 0.05) is 36.9 Å². The van der Waals surface area contributed by atoms with E-state index in [9.17, 15) is 4.39 Å². The Morgan fingerprint density at radius 1 is 1.20 bits per heavy atom. The summed E-state index contributed by atoms with van der Waals surface area (Å²) in [5.41, 5.74) is 1.67. The van der Waals surface area contributed by atoms with E-state index < -0.39 is 12.3 Å². The zero-order valence-electron chi connectivity index (χ0n) is 16.7. The van der Waals surface area contributed by atoms with Crippen molar-refractivity contribution >= 4 is 22.5 Å². The Bertz CT molecular complexity index is 1010. The lowest BCUT2D eigenvalue weighted by Gasteiger charge is -2.34. The second kappa shape index (κ2) is 8.23. The molecule has 1 N–H and O–H groups in total. The van der Waals surface area contributed by atoms with Gasteiger partial charge in [-0.15, -0.1) is 0 Å². The molecule has 0 amide bonds. The van der Waals surface area contributed by atoms with Gasteiger partial charge in [-0.05, 0) is 49.9 Å². The molecule has 0 aromatic carbocycles. The maximum Gasteiger partial charge on any atom is 0.208 e. The number of alkyl halides is 1. The van der Waals surface area contributed by atoms with Gasteiger partial charge in [0.2, 0.25) is 5.13 Å². The molecule has 5 rings (SSSR count). The summed E-state index contributed by atoms with van der Waals surface area (Å²) in [5.74, 6) is 1.86. The number of aromatic nitrogens is 4. The van der Waals surface area contributed by atoms with Gasteiger partial charge in [0.15, 0.2) is 5.82 Å². The SMILES string of the molecule is Cc1cccnc1Nc1nc(-c2ccc(OC3CCN(C4CC4)CC3F)cn2)ns1. The van der Waals surface area contributed by atoms with Crippen LogP contribution in [0.1, 0.15) is 24.8 Å². The van der Waals surface area contributed by atoms with E-state index in [-0.39, 0.29) is 0 Å². The number of rotatable bonds is 6. The van der Waals surface area contributed by atoms with E-state index in [1.165, 1.54) is 24.4 Å². The van der Waals surface area contributed by atoms with Crippen molar-refractivity contribution in [3.8, 4) is 17.3 Å². The Morgan fingerprint density at radius 2 is 2.10 bits per heavy atom. The van der Waals surface area contributed by atoms with Gasteiger partial charge in [-0.2, -0.15) is 9.36 Å². The van der Waals surface area contributed by atoms with Gasteiger partial charge in [0.1, 0.15) is 29.5 Å². The minimum absolute atomic E-state index is 0.414. The third-order valence-corrected chi connectivity index (χ3v) is 6.12. The second-order valence-electron chi connectivity index (χ2n) is 7.78. The fourth-order valence-corrected chi connectivity index (χ4v) is 4.24. The van der Waals surface area contributed by atoms with Gasteiger partial charge in [-0.25, -0.2) is 14.4 Å². The van der Waals surface area contributed by atoms with Crippen LogP contribution in [-0.2, 0) is 0 Å². The monoisotopic (exact) mass is 426 g/mol. The summed E-state index contributed by atoms with van der Waals surface area (Å²) < 4.78 is 24.8. The standard InChI is InChI=1S/C21H23FN6OS/c1-13-3-2-9-23-19(13)25-21-26-20(27-30-21)17-7-6-15(11-24-17)29-18-8-10-28(12-16(18)22)14-4-5-14/h2-3,6-7,9,11,14,16,18H,4-5,8,10,12H2,1H3,(H,23,25,26,27). The molecule has 2 fully saturated rings. The highest BCUT2D eigenvalue weighted by Crippen LogP contribution is 2.31. The summed E-state index contributed by atoms with van der Waals surface area (Å²) in [6, 6.07) is 8.08. The van der Waals surface area contributed by atoms with Gasteiger partial charge in [-0.1, -0.05) is 6.07 Å². The van der Waals surface area contributed by atoms with E-state index in [1.807, 2.05) is 19.1 Å². The maximum atomic E-state index is 14.5. The van der Waals surface area contributed by atoms with Crippen molar-refractivity contribution in [1.82, 2.24) is 24.2 Å². The summed E-state index contributed by atoms with van der Waals surface area (Å²) in [6.07, 6.45) is 5.07. The molecule has 2 aliphatic rings. The van der Waals surface area contributed by atoms with E-state index in [0.29, 0.717) is 41.4 Å². The minimum Gasteiger partial charge on any atom is -0.486 e. The molecule has 1 aliphatic carbocycles. The molecule has 0 bridgehead atoms. The Kier molecular flexibility index (Phi) is 5.30. The number of hydrogen-bond acceptors (Lipinski definition) is 8. The van der Waals surface area contributed by atoms with Crippen molar-refractivity contribution in [3.05, 3.63) is 42.2 Å². The summed E-state index contributed by atoms with van der Waals surface area (Å²) in [4.78, 5) is 15.5. The van der Waals surface area contributed by atoms with Crippen molar-refractivity contribution in [1.29, 1.82) is 0 Å². The quantitative estimate of drug-likeness (QED) is 0.638. The third-order valence-electron chi connectivity index (χ3n) is 5.49. The molecular formula is C21H23FN6OS. The first-order chi connectivity index (χ1) is 14.7. The molecule has 0 radical (unpaired) electrons. The number of hydrogen-bond donors (Lipinski definition) is 1. The highest BCUT2D eigenvalue weighted by atomic mass is 32.1. The normalized spacial score (nSPS) is 22.1. The van der Waals surface area contributed by atoms with E-state index in [4.69, 9.17) is 4.74 Å². The van der Waals surface area contributed by atoms with E-state index in [2.05, 4.69) is 29.5 Å². The smallest absolute Gasteiger partial charge is 0.208 e. The predicted octanol–water partition coefficient (Wildman–Crippen LogP) is 4.00. The fourth-order valence-electron chi connectivity index (χ4n) is 3.66. The molecule has 2 atom stereocenters. The molecule has 3 aromatic heterocycles. The van der Waals surface area contributed by atoms with Crippen LogP contribution in [0.5, 0.6) is 5.75 Å². The van der Waals surface area contributed by atoms with Gasteiger partial charge in [0.25, 0.3) is 0 Å². The molecule has 30 heavy (non-hydrogen) atoms. The number of anilines is 2.